The minimum absolute atomic E-state index is 0.0509. The summed E-state index contributed by atoms with van der Waals surface area (Å²) in [4.78, 5) is 14.5. The summed E-state index contributed by atoms with van der Waals surface area (Å²) in [6.07, 6.45) is 0. The van der Waals surface area contributed by atoms with Crippen molar-refractivity contribution in [2.24, 2.45) is 0 Å². The fourth-order valence-electron chi connectivity index (χ4n) is 2.15. The molecule has 112 valence electrons. The number of quaternary nitrogens is 1. The predicted octanol–water partition coefficient (Wildman–Crippen LogP) is 1.09. The smallest absolute Gasteiger partial charge is 0.275 e. The number of ether oxygens (including phenoxy) is 1. The lowest BCUT2D eigenvalue weighted by Crippen LogP contribution is -3.08. The van der Waals surface area contributed by atoms with Gasteiger partial charge in [0.1, 0.15) is 12.3 Å². The third-order valence-electron chi connectivity index (χ3n) is 3.19. The predicted molar refractivity (Wildman–Crippen MR) is 84.6 cm³/mol. The van der Waals surface area contributed by atoms with Crippen LogP contribution in [-0.4, -0.2) is 26.6 Å². The lowest BCUT2D eigenvalue weighted by molar-refractivity contribution is -0.885. The number of methoxy groups -OCH3 is 1. The summed E-state index contributed by atoms with van der Waals surface area (Å²) in [5.74, 6) is 0.854. The standard InChI is InChI=1S/C16H20N2O2S/c1-18(11-14-7-5-9-21-14)12-16(19)17-10-13-6-3-4-8-15(13)20-2/h3-9H,10-12H2,1-2H3,(H,17,19)/p+1. The highest BCUT2D eigenvalue weighted by atomic mass is 32.1. The lowest BCUT2D eigenvalue weighted by atomic mass is 10.2. The van der Waals surface area contributed by atoms with Crippen molar-refractivity contribution < 1.29 is 14.4 Å². The average Bonchev–Trinajstić information content (AvgIpc) is 2.98. The van der Waals surface area contributed by atoms with Crippen LogP contribution in [-0.2, 0) is 17.9 Å². The van der Waals surface area contributed by atoms with E-state index in [9.17, 15) is 4.79 Å². The number of hydrogen-bond donors (Lipinski definition) is 2. The van der Waals surface area contributed by atoms with Crippen molar-refractivity contribution in [3.05, 3.63) is 52.2 Å². The van der Waals surface area contributed by atoms with Crippen LogP contribution in [0.4, 0.5) is 0 Å². The SMILES string of the molecule is COc1ccccc1CNC(=O)C[NH+](C)Cc1cccs1. The molecule has 0 saturated carbocycles. The van der Waals surface area contributed by atoms with Crippen molar-refractivity contribution in [3.63, 3.8) is 0 Å². The van der Waals surface area contributed by atoms with Crippen LogP contribution in [0.15, 0.2) is 41.8 Å². The Balaban J connectivity index is 1.79. The highest BCUT2D eigenvalue weighted by molar-refractivity contribution is 7.09. The number of carbonyl (C=O) groups is 1. The van der Waals surface area contributed by atoms with Crippen molar-refractivity contribution in [3.8, 4) is 5.75 Å². The molecule has 2 aromatic rings. The Kier molecular flexibility index (Phi) is 5.78. The van der Waals surface area contributed by atoms with E-state index >= 15 is 0 Å². The van der Waals surface area contributed by atoms with Gasteiger partial charge in [-0.05, 0) is 17.5 Å². The number of likely N-dealkylation sites (N-methyl/N-ethyl adjacent to an activating group) is 1. The van der Waals surface area contributed by atoms with Gasteiger partial charge in [-0.3, -0.25) is 4.79 Å². The second kappa shape index (κ2) is 7.81. The van der Waals surface area contributed by atoms with E-state index in [0.717, 1.165) is 17.9 Å². The van der Waals surface area contributed by atoms with Gasteiger partial charge in [-0.1, -0.05) is 24.3 Å². The summed E-state index contributed by atoms with van der Waals surface area (Å²) in [5, 5.41) is 5.01. The first-order chi connectivity index (χ1) is 10.2. The van der Waals surface area contributed by atoms with E-state index in [1.807, 2.05) is 37.4 Å². The number of para-hydroxylation sites is 1. The van der Waals surface area contributed by atoms with Crippen molar-refractivity contribution in [1.82, 2.24) is 5.32 Å². The molecule has 1 heterocycles. The van der Waals surface area contributed by atoms with Crippen LogP contribution in [0.1, 0.15) is 10.4 Å². The molecule has 0 aliphatic rings. The lowest BCUT2D eigenvalue weighted by Gasteiger charge is -2.13. The Morgan fingerprint density at radius 2 is 2.10 bits per heavy atom. The Morgan fingerprint density at radius 3 is 2.81 bits per heavy atom. The molecule has 1 atom stereocenters. The minimum Gasteiger partial charge on any atom is -0.496 e. The largest absolute Gasteiger partial charge is 0.496 e. The number of carbonyl (C=O) groups excluding carboxylic acids is 1. The van der Waals surface area contributed by atoms with Gasteiger partial charge in [-0.25, -0.2) is 0 Å². The first-order valence-corrected chi connectivity index (χ1v) is 7.79. The van der Waals surface area contributed by atoms with Gasteiger partial charge in [0, 0.05) is 12.1 Å². The molecule has 0 aliphatic heterocycles. The van der Waals surface area contributed by atoms with Crippen molar-refractivity contribution in [2.45, 2.75) is 13.1 Å². The topological polar surface area (TPSA) is 42.8 Å². The Morgan fingerprint density at radius 1 is 1.29 bits per heavy atom. The average molecular weight is 305 g/mol. The van der Waals surface area contributed by atoms with E-state index in [4.69, 9.17) is 4.74 Å². The monoisotopic (exact) mass is 305 g/mol. The number of hydrogen-bond acceptors (Lipinski definition) is 3. The minimum atomic E-state index is 0.0509. The summed E-state index contributed by atoms with van der Waals surface area (Å²) in [7, 11) is 3.67. The molecule has 1 amide bonds. The Labute approximate surface area is 129 Å². The first kappa shape index (κ1) is 15.5. The summed E-state index contributed by atoms with van der Waals surface area (Å²) >= 11 is 1.72. The zero-order valence-corrected chi connectivity index (χ0v) is 13.2. The third-order valence-corrected chi connectivity index (χ3v) is 4.06. The molecule has 4 nitrogen and oxygen atoms in total. The maximum Gasteiger partial charge on any atom is 0.275 e. The van der Waals surface area contributed by atoms with Gasteiger partial charge in [0.05, 0.1) is 19.0 Å². The molecule has 5 heteroatoms. The van der Waals surface area contributed by atoms with E-state index in [-0.39, 0.29) is 5.91 Å². The van der Waals surface area contributed by atoms with Gasteiger partial charge in [-0.15, -0.1) is 11.3 Å². The van der Waals surface area contributed by atoms with E-state index in [2.05, 4.69) is 16.8 Å². The highest BCUT2D eigenvalue weighted by Gasteiger charge is 2.11. The number of benzene rings is 1. The second-order valence-corrected chi connectivity index (χ2v) is 6.01. The van der Waals surface area contributed by atoms with E-state index in [1.165, 1.54) is 9.78 Å². The van der Waals surface area contributed by atoms with Gasteiger partial charge in [0.15, 0.2) is 6.54 Å². The molecule has 1 aromatic heterocycles. The molecular formula is C16H21N2O2S+. The molecule has 0 radical (unpaired) electrons. The molecule has 0 spiro atoms. The molecule has 1 unspecified atom stereocenters. The number of amides is 1. The van der Waals surface area contributed by atoms with Gasteiger partial charge < -0.3 is 15.0 Å². The molecular weight excluding hydrogens is 284 g/mol. The maximum atomic E-state index is 12.0. The molecule has 0 saturated heterocycles. The van der Waals surface area contributed by atoms with Crippen LogP contribution >= 0.6 is 11.3 Å². The summed E-state index contributed by atoms with van der Waals surface area (Å²) < 4.78 is 5.27. The van der Waals surface area contributed by atoms with Crippen molar-refractivity contribution >= 4 is 17.2 Å². The van der Waals surface area contributed by atoms with E-state index in [0.29, 0.717) is 13.1 Å². The quantitative estimate of drug-likeness (QED) is 0.804. The van der Waals surface area contributed by atoms with Gasteiger partial charge in [0.25, 0.3) is 5.91 Å². The van der Waals surface area contributed by atoms with Gasteiger partial charge in [0.2, 0.25) is 0 Å². The summed E-state index contributed by atoms with van der Waals surface area (Å²) in [6.45, 7) is 1.84. The van der Waals surface area contributed by atoms with E-state index in [1.54, 1.807) is 18.4 Å². The summed E-state index contributed by atoms with van der Waals surface area (Å²) in [6, 6.07) is 11.9. The third kappa shape index (κ3) is 4.88. The van der Waals surface area contributed by atoms with E-state index < -0.39 is 0 Å². The summed E-state index contributed by atoms with van der Waals surface area (Å²) in [5.41, 5.74) is 0.990. The first-order valence-electron chi connectivity index (χ1n) is 6.91. The Bertz CT molecular complexity index is 569. The molecule has 21 heavy (non-hydrogen) atoms. The number of nitrogens with one attached hydrogen (secondary N) is 2. The maximum absolute atomic E-state index is 12.0. The molecule has 0 fully saturated rings. The number of thiophene rings is 1. The van der Waals surface area contributed by atoms with Crippen LogP contribution in [0.25, 0.3) is 0 Å². The highest BCUT2D eigenvalue weighted by Crippen LogP contribution is 2.16. The van der Waals surface area contributed by atoms with Crippen molar-refractivity contribution in [2.75, 3.05) is 20.7 Å². The molecule has 0 bridgehead atoms. The second-order valence-electron chi connectivity index (χ2n) is 4.98. The van der Waals surface area contributed by atoms with Gasteiger partial charge in [-0.2, -0.15) is 0 Å². The van der Waals surface area contributed by atoms with Gasteiger partial charge >= 0.3 is 0 Å². The van der Waals surface area contributed by atoms with Crippen LogP contribution in [0.2, 0.25) is 0 Å². The zero-order chi connectivity index (χ0) is 15.1. The van der Waals surface area contributed by atoms with Crippen LogP contribution in [0.5, 0.6) is 5.75 Å². The fraction of sp³-hybridized carbons (Fsp3) is 0.312. The normalized spacial score (nSPS) is 11.9. The molecule has 0 aliphatic carbocycles. The molecule has 2 rings (SSSR count). The molecule has 2 N–H and O–H groups in total. The number of rotatable bonds is 7. The fourth-order valence-corrected chi connectivity index (χ4v) is 2.97. The molecule has 1 aromatic carbocycles. The van der Waals surface area contributed by atoms with Crippen LogP contribution < -0.4 is 15.0 Å². The van der Waals surface area contributed by atoms with Crippen LogP contribution in [0.3, 0.4) is 0 Å². The zero-order valence-electron chi connectivity index (χ0n) is 12.4. The van der Waals surface area contributed by atoms with Crippen molar-refractivity contribution in [1.29, 1.82) is 0 Å². The van der Waals surface area contributed by atoms with Crippen LogP contribution in [0, 0.1) is 0 Å². The Hall–Kier alpha value is -1.85.